The van der Waals surface area contributed by atoms with E-state index in [0.717, 1.165) is 9.35 Å². The average molecular weight is 441 g/mol. The second-order valence-electron chi connectivity index (χ2n) is 5.96. The van der Waals surface area contributed by atoms with Gasteiger partial charge in [-0.05, 0) is 54.3 Å². The molecule has 4 nitrogen and oxygen atoms in total. The number of ketones is 1. The van der Waals surface area contributed by atoms with Gasteiger partial charge < -0.3 is 9.47 Å². The number of rotatable bonds is 3. The van der Waals surface area contributed by atoms with Crippen LogP contribution in [0.2, 0.25) is 0 Å². The van der Waals surface area contributed by atoms with Gasteiger partial charge in [0, 0.05) is 21.5 Å². The lowest BCUT2D eigenvalue weighted by atomic mass is 10.0. The van der Waals surface area contributed by atoms with Crippen molar-refractivity contribution in [3.63, 3.8) is 0 Å². The fourth-order valence-electron chi connectivity index (χ4n) is 2.79. The van der Waals surface area contributed by atoms with E-state index in [1.165, 1.54) is 11.3 Å². The summed E-state index contributed by atoms with van der Waals surface area (Å²) < 4.78 is 12.1. The van der Waals surface area contributed by atoms with Crippen molar-refractivity contribution in [1.29, 1.82) is 0 Å². The minimum absolute atomic E-state index is 0.165. The number of hydrogen-bond acceptors (Lipinski definition) is 5. The van der Waals surface area contributed by atoms with E-state index in [0.29, 0.717) is 28.2 Å². The van der Waals surface area contributed by atoms with E-state index >= 15 is 0 Å². The first-order valence-electron chi connectivity index (χ1n) is 8.11. The first-order valence-corrected chi connectivity index (χ1v) is 9.78. The van der Waals surface area contributed by atoms with Crippen LogP contribution in [0.4, 0.5) is 0 Å². The van der Waals surface area contributed by atoms with Crippen molar-refractivity contribution < 1.29 is 19.1 Å². The smallest absolute Gasteiger partial charge is 0.343 e. The van der Waals surface area contributed by atoms with Gasteiger partial charge >= 0.3 is 5.97 Å². The number of aryl methyl sites for hydroxylation is 1. The topological polar surface area (TPSA) is 52.6 Å². The number of halogens is 1. The third-order valence-electron chi connectivity index (χ3n) is 4.05. The molecule has 0 atom stereocenters. The van der Waals surface area contributed by atoms with Crippen LogP contribution >= 0.6 is 27.3 Å². The second-order valence-corrected chi connectivity index (χ2v) is 7.86. The molecular formula is C21H13BrO4S. The Balaban J connectivity index is 1.60. The van der Waals surface area contributed by atoms with E-state index in [1.54, 1.807) is 49.4 Å². The summed E-state index contributed by atoms with van der Waals surface area (Å²) in [5.41, 5.74) is 1.64. The number of benzene rings is 2. The van der Waals surface area contributed by atoms with Gasteiger partial charge in [0.15, 0.2) is 5.76 Å². The third-order valence-corrected chi connectivity index (χ3v) is 5.40. The van der Waals surface area contributed by atoms with Crippen LogP contribution in [-0.4, -0.2) is 11.8 Å². The molecule has 1 aliphatic heterocycles. The lowest BCUT2D eigenvalue weighted by molar-refractivity contribution is 0.0734. The van der Waals surface area contributed by atoms with Gasteiger partial charge in [-0.1, -0.05) is 22.0 Å². The van der Waals surface area contributed by atoms with E-state index in [-0.39, 0.29) is 11.5 Å². The van der Waals surface area contributed by atoms with E-state index in [2.05, 4.69) is 15.9 Å². The number of ether oxygens (including phenoxy) is 2. The van der Waals surface area contributed by atoms with E-state index < -0.39 is 5.97 Å². The molecule has 2 aromatic carbocycles. The molecule has 0 bridgehead atoms. The average Bonchev–Trinajstić information content (AvgIpc) is 3.24. The Hall–Kier alpha value is -2.70. The highest BCUT2D eigenvalue weighted by molar-refractivity contribution is 9.10. The van der Waals surface area contributed by atoms with E-state index in [9.17, 15) is 9.59 Å². The van der Waals surface area contributed by atoms with E-state index in [4.69, 9.17) is 9.47 Å². The van der Waals surface area contributed by atoms with Crippen LogP contribution in [0.1, 0.15) is 31.2 Å². The number of esters is 1. The summed E-state index contributed by atoms with van der Waals surface area (Å²) in [6.45, 7) is 1.80. The number of Topliss-reactive ketones (excluding diaryl/α,β-unsaturated/α-hetero) is 1. The Bertz CT molecular complexity index is 1070. The molecule has 1 aliphatic rings. The first-order chi connectivity index (χ1) is 13.0. The van der Waals surface area contributed by atoms with Crippen molar-refractivity contribution in [1.82, 2.24) is 0 Å². The molecule has 0 radical (unpaired) electrons. The Kier molecular flexibility index (Phi) is 4.68. The van der Waals surface area contributed by atoms with Gasteiger partial charge in [0.25, 0.3) is 0 Å². The van der Waals surface area contributed by atoms with E-state index in [1.807, 2.05) is 17.5 Å². The summed E-state index contributed by atoms with van der Waals surface area (Å²) in [7, 11) is 0. The van der Waals surface area contributed by atoms with Crippen LogP contribution in [0.3, 0.4) is 0 Å². The zero-order chi connectivity index (χ0) is 19.0. The molecule has 2 heterocycles. The highest BCUT2D eigenvalue weighted by atomic mass is 79.9. The molecule has 0 unspecified atom stereocenters. The Morgan fingerprint density at radius 1 is 1.19 bits per heavy atom. The van der Waals surface area contributed by atoms with Gasteiger partial charge in [-0.25, -0.2) is 4.79 Å². The fourth-order valence-corrected chi connectivity index (χ4v) is 3.70. The van der Waals surface area contributed by atoms with Gasteiger partial charge in [0.1, 0.15) is 11.5 Å². The summed E-state index contributed by atoms with van der Waals surface area (Å²) in [4.78, 5) is 25.9. The molecule has 0 fully saturated rings. The normalized spacial score (nSPS) is 14.1. The fraction of sp³-hybridized carbons (Fsp3) is 0.0476. The molecule has 0 aliphatic carbocycles. The highest BCUT2D eigenvalue weighted by Gasteiger charge is 2.30. The van der Waals surface area contributed by atoms with Crippen molar-refractivity contribution in [2.75, 3.05) is 0 Å². The predicted molar refractivity (Wildman–Crippen MR) is 108 cm³/mol. The lowest BCUT2D eigenvalue weighted by Crippen LogP contribution is -2.08. The van der Waals surface area contributed by atoms with Crippen molar-refractivity contribution >= 4 is 45.1 Å². The largest absolute Gasteiger partial charge is 0.452 e. The van der Waals surface area contributed by atoms with Gasteiger partial charge in [-0.3, -0.25) is 4.79 Å². The summed E-state index contributed by atoms with van der Waals surface area (Å²) in [6.07, 6.45) is 1.72. The quantitative estimate of drug-likeness (QED) is 0.299. The maximum atomic E-state index is 12.6. The highest BCUT2D eigenvalue weighted by Crippen LogP contribution is 2.38. The standard InChI is InChI=1S/C21H13BrO4S/c1-12-9-15(25-21(24)13-4-6-14(22)7-5-13)10-17-19(12)20(23)18(26-17)11-16-3-2-8-27-16/h2-11H,1H3/b18-11-. The molecule has 3 aromatic rings. The molecule has 0 saturated heterocycles. The van der Waals surface area contributed by atoms with Gasteiger partial charge in [0.05, 0.1) is 11.1 Å². The molecule has 27 heavy (non-hydrogen) atoms. The SMILES string of the molecule is Cc1cc(OC(=O)c2ccc(Br)cc2)cc2c1C(=O)/C(=C/c1cccs1)O2. The Morgan fingerprint density at radius 3 is 2.67 bits per heavy atom. The summed E-state index contributed by atoms with van der Waals surface area (Å²) >= 11 is 4.86. The molecule has 6 heteroatoms. The van der Waals surface area contributed by atoms with Crippen LogP contribution in [-0.2, 0) is 0 Å². The molecular weight excluding hydrogens is 428 g/mol. The summed E-state index contributed by atoms with van der Waals surface area (Å²) in [5.74, 6) is 0.375. The lowest BCUT2D eigenvalue weighted by Gasteiger charge is -2.08. The van der Waals surface area contributed by atoms with Crippen LogP contribution in [0, 0.1) is 6.92 Å². The molecule has 0 spiro atoms. The monoisotopic (exact) mass is 440 g/mol. The van der Waals surface area contributed by atoms with Crippen LogP contribution < -0.4 is 9.47 Å². The molecule has 4 rings (SSSR count). The van der Waals surface area contributed by atoms with Crippen molar-refractivity contribution in [2.45, 2.75) is 6.92 Å². The van der Waals surface area contributed by atoms with Crippen molar-refractivity contribution in [2.24, 2.45) is 0 Å². The van der Waals surface area contributed by atoms with Gasteiger partial charge in [0.2, 0.25) is 5.78 Å². The second kappa shape index (κ2) is 7.13. The first kappa shape index (κ1) is 17.7. The number of carbonyl (C=O) groups excluding carboxylic acids is 2. The molecule has 0 amide bonds. The molecule has 0 N–H and O–H groups in total. The minimum Gasteiger partial charge on any atom is -0.452 e. The van der Waals surface area contributed by atoms with Crippen LogP contribution in [0.25, 0.3) is 6.08 Å². The Labute approximate surface area is 168 Å². The number of carbonyl (C=O) groups is 2. The molecule has 1 aromatic heterocycles. The van der Waals surface area contributed by atoms with Gasteiger partial charge in [-0.15, -0.1) is 11.3 Å². The Morgan fingerprint density at radius 2 is 1.96 bits per heavy atom. The van der Waals surface area contributed by atoms with Crippen LogP contribution in [0.15, 0.2) is 64.1 Å². The van der Waals surface area contributed by atoms with Gasteiger partial charge in [-0.2, -0.15) is 0 Å². The molecule has 0 saturated carbocycles. The molecule has 134 valence electrons. The minimum atomic E-state index is -0.472. The number of hydrogen-bond donors (Lipinski definition) is 0. The number of fused-ring (bicyclic) bond motifs is 1. The summed E-state index contributed by atoms with van der Waals surface area (Å²) in [5, 5.41) is 1.93. The zero-order valence-corrected chi connectivity index (χ0v) is 16.6. The van der Waals surface area contributed by atoms with Crippen LogP contribution in [0.5, 0.6) is 11.5 Å². The third kappa shape index (κ3) is 3.59. The van der Waals surface area contributed by atoms with Crippen molar-refractivity contribution in [3.8, 4) is 11.5 Å². The number of allylic oxidation sites excluding steroid dienone is 1. The predicted octanol–water partition coefficient (Wildman–Crippen LogP) is 5.65. The zero-order valence-electron chi connectivity index (χ0n) is 14.2. The summed E-state index contributed by atoms with van der Waals surface area (Å²) in [6, 6.07) is 14.0. The maximum Gasteiger partial charge on any atom is 0.343 e. The number of thiophene rings is 1. The maximum absolute atomic E-state index is 12.6. The van der Waals surface area contributed by atoms with Crippen molar-refractivity contribution in [3.05, 3.63) is 85.7 Å².